The summed E-state index contributed by atoms with van der Waals surface area (Å²) in [6, 6.07) is 0. The van der Waals surface area contributed by atoms with Crippen LogP contribution in [0.3, 0.4) is 0 Å². The molecule has 4 unspecified atom stereocenters. The normalized spacial score (nSPS) is 37.8. The fourth-order valence-electron chi connectivity index (χ4n) is 2.43. The lowest BCUT2D eigenvalue weighted by molar-refractivity contribution is -0.129. The molecule has 0 heterocycles. The Bertz CT molecular complexity index is 205. The van der Waals surface area contributed by atoms with Gasteiger partial charge in [0, 0.05) is 10.2 Å². The molecule has 0 N–H and O–H groups in total. The van der Waals surface area contributed by atoms with Crippen LogP contribution in [0.25, 0.3) is 0 Å². The van der Waals surface area contributed by atoms with Crippen molar-refractivity contribution in [3.8, 4) is 0 Å². The first kappa shape index (κ1) is 13.5. The molecule has 15 heavy (non-hydrogen) atoms. The van der Waals surface area contributed by atoms with Crippen LogP contribution < -0.4 is 0 Å². The van der Waals surface area contributed by atoms with E-state index in [2.05, 4.69) is 50.5 Å². The van der Waals surface area contributed by atoms with Crippen molar-refractivity contribution in [1.82, 2.24) is 0 Å². The molecule has 0 aliphatic heterocycles. The molecule has 1 saturated carbocycles. The fourth-order valence-corrected chi connectivity index (χ4v) is 3.39. The van der Waals surface area contributed by atoms with Crippen LogP contribution in [-0.4, -0.2) is 17.0 Å². The van der Waals surface area contributed by atoms with Crippen LogP contribution in [-0.2, 0) is 4.74 Å². The Hall–Kier alpha value is 0.440. The SMILES string of the molecule is CCC1(C)C(Br)CC1OC(C)CC(C)C. The van der Waals surface area contributed by atoms with E-state index >= 15 is 0 Å². The number of hydrogen-bond donors (Lipinski definition) is 0. The molecule has 0 aromatic carbocycles. The Morgan fingerprint density at radius 1 is 1.40 bits per heavy atom. The molecular formula is C13H25BrO. The summed E-state index contributed by atoms with van der Waals surface area (Å²) in [5.41, 5.74) is 0.352. The first-order chi connectivity index (χ1) is 6.90. The molecule has 1 fully saturated rings. The van der Waals surface area contributed by atoms with Crippen molar-refractivity contribution >= 4 is 15.9 Å². The minimum Gasteiger partial charge on any atom is -0.375 e. The molecule has 4 atom stereocenters. The molecule has 0 bridgehead atoms. The van der Waals surface area contributed by atoms with Gasteiger partial charge in [-0.2, -0.15) is 0 Å². The summed E-state index contributed by atoms with van der Waals surface area (Å²) in [6.45, 7) is 11.3. The van der Waals surface area contributed by atoms with Gasteiger partial charge < -0.3 is 4.74 Å². The van der Waals surface area contributed by atoms with Crippen molar-refractivity contribution in [2.45, 2.75) is 70.9 Å². The summed E-state index contributed by atoms with van der Waals surface area (Å²) >= 11 is 3.74. The number of hydrogen-bond acceptors (Lipinski definition) is 1. The van der Waals surface area contributed by atoms with Gasteiger partial charge >= 0.3 is 0 Å². The van der Waals surface area contributed by atoms with E-state index in [1.807, 2.05) is 0 Å². The Balaban J connectivity index is 2.40. The van der Waals surface area contributed by atoms with Gasteiger partial charge in [0.15, 0.2) is 0 Å². The minimum atomic E-state index is 0.352. The van der Waals surface area contributed by atoms with Gasteiger partial charge in [-0.1, -0.05) is 43.6 Å². The van der Waals surface area contributed by atoms with Crippen molar-refractivity contribution in [1.29, 1.82) is 0 Å². The smallest absolute Gasteiger partial charge is 0.0653 e. The monoisotopic (exact) mass is 276 g/mol. The third-order valence-electron chi connectivity index (χ3n) is 3.83. The van der Waals surface area contributed by atoms with Gasteiger partial charge in [-0.25, -0.2) is 0 Å². The standard InChI is InChI=1S/C13H25BrO/c1-6-13(5)11(14)8-12(13)15-10(4)7-9(2)3/h9-12H,6-8H2,1-5H3. The first-order valence-electron chi connectivity index (χ1n) is 6.19. The zero-order valence-corrected chi connectivity index (χ0v) is 12.3. The molecule has 0 spiro atoms. The van der Waals surface area contributed by atoms with Gasteiger partial charge in [-0.15, -0.1) is 0 Å². The molecule has 0 aromatic rings. The van der Waals surface area contributed by atoms with E-state index in [0.717, 1.165) is 5.92 Å². The molecule has 1 aliphatic rings. The van der Waals surface area contributed by atoms with Gasteiger partial charge in [0.05, 0.1) is 12.2 Å². The van der Waals surface area contributed by atoms with Crippen molar-refractivity contribution in [3.05, 3.63) is 0 Å². The van der Waals surface area contributed by atoms with Crippen LogP contribution in [0.2, 0.25) is 0 Å². The second-order valence-corrected chi connectivity index (χ2v) is 6.73. The lowest BCUT2D eigenvalue weighted by Gasteiger charge is -2.52. The topological polar surface area (TPSA) is 9.23 Å². The van der Waals surface area contributed by atoms with Crippen molar-refractivity contribution in [3.63, 3.8) is 0 Å². The summed E-state index contributed by atoms with van der Waals surface area (Å²) < 4.78 is 6.14. The van der Waals surface area contributed by atoms with Crippen molar-refractivity contribution in [2.75, 3.05) is 0 Å². The molecule has 2 heteroatoms. The van der Waals surface area contributed by atoms with E-state index in [9.17, 15) is 0 Å². The van der Waals surface area contributed by atoms with E-state index in [4.69, 9.17) is 4.74 Å². The maximum Gasteiger partial charge on any atom is 0.0653 e. The van der Waals surface area contributed by atoms with Gasteiger partial charge in [-0.3, -0.25) is 0 Å². The van der Waals surface area contributed by atoms with Gasteiger partial charge in [0.2, 0.25) is 0 Å². The molecule has 1 aliphatic carbocycles. The summed E-state index contributed by atoms with van der Waals surface area (Å²) in [4.78, 5) is 0.645. The van der Waals surface area contributed by atoms with E-state index in [1.54, 1.807) is 0 Å². The van der Waals surface area contributed by atoms with E-state index in [0.29, 0.717) is 22.5 Å². The number of alkyl halides is 1. The Morgan fingerprint density at radius 3 is 2.40 bits per heavy atom. The molecule has 0 saturated heterocycles. The van der Waals surface area contributed by atoms with Crippen LogP contribution in [0.15, 0.2) is 0 Å². The number of halogens is 1. The quantitative estimate of drug-likeness (QED) is 0.677. The third-order valence-corrected chi connectivity index (χ3v) is 5.25. The zero-order valence-electron chi connectivity index (χ0n) is 10.7. The highest BCUT2D eigenvalue weighted by Crippen LogP contribution is 2.50. The molecule has 1 rings (SSSR count). The fraction of sp³-hybridized carbons (Fsp3) is 1.00. The van der Waals surface area contributed by atoms with Crippen molar-refractivity contribution in [2.24, 2.45) is 11.3 Å². The van der Waals surface area contributed by atoms with Crippen LogP contribution in [0.4, 0.5) is 0 Å². The maximum absolute atomic E-state index is 6.14. The Kier molecular flexibility index (Phi) is 4.66. The second-order valence-electron chi connectivity index (χ2n) is 5.63. The lowest BCUT2D eigenvalue weighted by atomic mass is 9.65. The van der Waals surface area contributed by atoms with E-state index < -0.39 is 0 Å². The molecule has 90 valence electrons. The Morgan fingerprint density at radius 2 is 2.00 bits per heavy atom. The second kappa shape index (κ2) is 5.18. The Labute approximate surface area is 103 Å². The van der Waals surface area contributed by atoms with Gasteiger partial charge in [0.25, 0.3) is 0 Å². The predicted molar refractivity (Wildman–Crippen MR) is 69.5 cm³/mol. The maximum atomic E-state index is 6.14. The predicted octanol–water partition coefficient (Wildman–Crippen LogP) is 4.39. The van der Waals surface area contributed by atoms with E-state index in [-0.39, 0.29) is 0 Å². The largest absolute Gasteiger partial charge is 0.375 e. The van der Waals surface area contributed by atoms with Crippen molar-refractivity contribution < 1.29 is 4.74 Å². The van der Waals surface area contributed by atoms with Gasteiger partial charge in [0.1, 0.15) is 0 Å². The summed E-state index contributed by atoms with van der Waals surface area (Å²) in [5, 5.41) is 0. The van der Waals surface area contributed by atoms with Crippen LogP contribution in [0.1, 0.15) is 53.9 Å². The number of ether oxygens (including phenoxy) is 1. The van der Waals surface area contributed by atoms with Crippen LogP contribution in [0, 0.1) is 11.3 Å². The lowest BCUT2D eigenvalue weighted by Crippen LogP contribution is -2.54. The summed E-state index contributed by atoms with van der Waals surface area (Å²) in [6.07, 6.45) is 4.40. The minimum absolute atomic E-state index is 0.352. The molecule has 1 nitrogen and oxygen atoms in total. The highest BCUT2D eigenvalue weighted by molar-refractivity contribution is 9.09. The van der Waals surface area contributed by atoms with Crippen LogP contribution >= 0.6 is 15.9 Å². The van der Waals surface area contributed by atoms with E-state index in [1.165, 1.54) is 19.3 Å². The molecule has 0 radical (unpaired) electrons. The molecule has 0 aromatic heterocycles. The molecule has 0 amide bonds. The average Bonchev–Trinajstić information content (AvgIpc) is 2.14. The first-order valence-corrected chi connectivity index (χ1v) is 7.11. The average molecular weight is 277 g/mol. The third kappa shape index (κ3) is 2.97. The summed E-state index contributed by atoms with van der Waals surface area (Å²) in [5.74, 6) is 0.729. The highest BCUT2D eigenvalue weighted by atomic mass is 79.9. The molecular weight excluding hydrogens is 252 g/mol. The zero-order chi connectivity index (χ0) is 11.6. The summed E-state index contributed by atoms with van der Waals surface area (Å²) in [7, 11) is 0. The van der Waals surface area contributed by atoms with Gasteiger partial charge in [-0.05, 0) is 32.1 Å². The highest BCUT2D eigenvalue weighted by Gasteiger charge is 2.50. The van der Waals surface area contributed by atoms with Crippen LogP contribution in [0.5, 0.6) is 0 Å². The number of rotatable bonds is 5.